The molecular weight excluding hydrogens is 416 g/mol. The lowest BCUT2D eigenvalue weighted by Crippen LogP contribution is -2.25. The SMILES string of the molecule is CCN(C)CCNc1ncnc2c1/C(=C/Nc1ccc(OC)c(OCC(=O)O)c1)C(=O)N2. The van der Waals surface area contributed by atoms with Crippen LogP contribution in [0, 0.1) is 0 Å². The van der Waals surface area contributed by atoms with Crippen molar-refractivity contribution in [2.75, 3.05) is 56.3 Å². The number of carboxylic acid groups (broad SMARTS) is 1. The van der Waals surface area contributed by atoms with E-state index >= 15 is 0 Å². The van der Waals surface area contributed by atoms with E-state index in [-0.39, 0.29) is 11.7 Å². The van der Waals surface area contributed by atoms with Crippen molar-refractivity contribution in [1.29, 1.82) is 0 Å². The van der Waals surface area contributed by atoms with Gasteiger partial charge in [-0.05, 0) is 25.7 Å². The maximum absolute atomic E-state index is 12.5. The van der Waals surface area contributed by atoms with Crippen LogP contribution in [-0.2, 0) is 9.59 Å². The molecule has 1 aliphatic rings. The number of fused-ring (bicyclic) bond motifs is 1. The van der Waals surface area contributed by atoms with Crippen LogP contribution < -0.4 is 25.4 Å². The number of amides is 1. The lowest BCUT2D eigenvalue weighted by atomic mass is 10.1. The molecule has 1 aliphatic heterocycles. The minimum atomic E-state index is -1.10. The van der Waals surface area contributed by atoms with Gasteiger partial charge in [-0.2, -0.15) is 0 Å². The van der Waals surface area contributed by atoms with Crippen molar-refractivity contribution < 1.29 is 24.2 Å². The highest BCUT2D eigenvalue weighted by atomic mass is 16.5. The van der Waals surface area contributed by atoms with Gasteiger partial charge >= 0.3 is 5.97 Å². The first-order valence-electron chi connectivity index (χ1n) is 10.0. The number of carbonyl (C=O) groups is 2. The van der Waals surface area contributed by atoms with Gasteiger partial charge in [0.25, 0.3) is 5.91 Å². The van der Waals surface area contributed by atoms with E-state index in [1.807, 2.05) is 7.05 Å². The standard InChI is InChI=1S/C21H26N6O5/c1-4-27(2)8-7-22-19-18-14(21(30)26-20(18)25-12-24-19)10-23-13-5-6-15(31-3)16(9-13)32-11-17(28)29/h5-6,9-10,12,23H,4,7-8,11H2,1-3H3,(H,28,29)(H2,22,24,25,26,30)/b14-10-. The second-order valence-electron chi connectivity index (χ2n) is 6.97. The molecule has 0 spiro atoms. The van der Waals surface area contributed by atoms with E-state index in [0.717, 1.165) is 13.1 Å². The molecule has 0 atom stereocenters. The van der Waals surface area contributed by atoms with Crippen molar-refractivity contribution in [1.82, 2.24) is 14.9 Å². The zero-order chi connectivity index (χ0) is 23.1. The summed E-state index contributed by atoms with van der Waals surface area (Å²) in [5, 5.41) is 17.9. The number of aromatic nitrogens is 2. The maximum atomic E-state index is 12.5. The Kier molecular flexibility index (Phi) is 7.45. The Bertz CT molecular complexity index is 1030. The average Bonchev–Trinajstić information content (AvgIpc) is 3.11. The number of carboxylic acids is 1. The number of carbonyl (C=O) groups excluding carboxylic acids is 1. The number of hydrogen-bond donors (Lipinski definition) is 4. The molecule has 170 valence electrons. The molecule has 0 aliphatic carbocycles. The second kappa shape index (κ2) is 10.4. The summed E-state index contributed by atoms with van der Waals surface area (Å²) in [6, 6.07) is 4.95. The predicted molar refractivity (Wildman–Crippen MR) is 120 cm³/mol. The van der Waals surface area contributed by atoms with Crippen molar-refractivity contribution >= 4 is 34.8 Å². The highest BCUT2D eigenvalue weighted by molar-refractivity contribution is 6.32. The Morgan fingerprint density at radius 3 is 2.84 bits per heavy atom. The maximum Gasteiger partial charge on any atom is 0.341 e. The lowest BCUT2D eigenvalue weighted by molar-refractivity contribution is -0.139. The molecule has 0 saturated carbocycles. The van der Waals surface area contributed by atoms with Crippen LogP contribution in [0.1, 0.15) is 12.5 Å². The van der Waals surface area contributed by atoms with E-state index in [1.54, 1.807) is 24.4 Å². The number of ether oxygens (including phenoxy) is 2. The topological polar surface area (TPSA) is 138 Å². The lowest BCUT2D eigenvalue weighted by Gasteiger charge is -2.15. The van der Waals surface area contributed by atoms with Gasteiger partial charge < -0.3 is 35.4 Å². The van der Waals surface area contributed by atoms with Crippen molar-refractivity contribution in [3.8, 4) is 11.5 Å². The van der Waals surface area contributed by atoms with E-state index in [2.05, 4.69) is 37.7 Å². The van der Waals surface area contributed by atoms with Gasteiger partial charge in [0.1, 0.15) is 18.0 Å². The molecule has 1 amide bonds. The minimum Gasteiger partial charge on any atom is -0.493 e. The van der Waals surface area contributed by atoms with Gasteiger partial charge in [-0.15, -0.1) is 0 Å². The number of methoxy groups -OCH3 is 1. The Morgan fingerprint density at radius 2 is 2.12 bits per heavy atom. The average molecular weight is 442 g/mol. The minimum absolute atomic E-state index is 0.264. The van der Waals surface area contributed by atoms with Crippen molar-refractivity contribution in [3.05, 3.63) is 36.3 Å². The third kappa shape index (κ3) is 5.43. The Balaban J connectivity index is 1.81. The van der Waals surface area contributed by atoms with E-state index < -0.39 is 12.6 Å². The number of benzene rings is 1. The molecule has 32 heavy (non-hydrogen) atoms. The number of anilines is 3. The fourth-order valence-electron chi connectivity index (χ4n) is 2.99. The molecule has 2 heterocycles. The van der Waals surface area contributed by atoms with Crippen LogP contribution in [0.4, 0.5) is 17.3 Å². The van der Waals surface area contributed by atoms with Crippen molar-refractivity contribution in [2.24, 2.45) is 0 Å². The number of hydrogen-bond acceptors (Lipinski definition) is 9. The van der Waals surface area contributed by atoms with E-state index in [9.17, 15) is 9.59 Å². The third-order valence-corrected chi connectivity index (χ3v) is 4.82. The summed E-state index contributed by atoms with van der Waals surface area (Å²) in [4.78, 5) is 34.0. The summed E-state index contributed by atoms with van der Waals surface area (Å²) < 4.78 is 10.5. The molecule has 2 aromatic rings. The van der Waals surface area contributed by atoms with Gasteiger partial charge in [0, 0.05) is 31.0 Å². The molecule has 3 rings (SSSR count). The first kappa shape index (κ1) is 22.8. The summed E-state index contributed by atoms with van der Waals surface area (Å²) in [7, 11) is 3.49. The smallest absolute Gasteiger partial charge is 0.341 e. The molecule has 0 radical (unpaired) electrons. The number of rotatable bonds is 11. The third-order valence-electron chi connectivity index (χ3n) is 4.82. The molecule has 0 bridgehead atoms. The van der Waals surface area contributed by atoms with Gasteiger partial charge in [0.05, 0.1) is 18.2 Å². The molecule has 0 saturated heterocycles. The normalized spacial score (nSPS) is 13.6. The largest absolute Gasteiger partial charge is 0.493 e. The first-order chi connectivity index (χ1) is 15.4. The van der Waals surface area contributed by atoms with Gasteiger partial charge in [-0.3, -0.25) is 4.79 Å². The zero-order valence-corrected chi connectivity index (χ0v) is 18.1. The van der Waals surface area contributed by atoms with Crippen LogP contribution in [0.15, 0.2) is 30.7 Å². The summed E-state index contributed by atoms with van der Waals surface area (Å²) in [5.41, 5.74) is 1.53. The monoisotopic (exact) mass is 442 g/mol. The fourth-order valence-corrected chi connectivity index (χ4v) is 2.99. The Labute approximate surface area is 185 Å². The molecule has 0 unspecified atom stereocenters. The highest BCUT2D eigenvalue weighted by Crippen LogP contribution is 2.35. The summed E-state index contributed by atoms with van der Waals surface area (Å²) >= 11 is 0. The summed E-state index contributed by atoms with van der Waals surface area (Å²) in [5.74, 6) is 0.246. The van der Waals surface area contributed by atoms with E-state index in [0.29, 0.717) is 40.8 Å². The molecule has 1 aromatic carbocycles. The molecule has 11 nitrogen and oxygen atoms in total. The number of likely N-dealkylation sites (N-methyl/N-ethyl adjacent to an activating group) is 1. The van der Waals surface area contributed by atoms with Gasteiger partial charge in [0.15, 0.2) is 18.1 Å². The molecule has 1 aromatic heterocycles. The number of aliphatic carboxylic acids is 1. The Hall–Kier alpha value is -3.86. The van der Waals surface area contributed by atoms with E-state index in [4.69, 9.17) is 14.6 Å². The summed E-state index contributed by atoms with van der Waals surface area (Å²) in [6.45, 7) is 3.98. The number of nitrogens with zero attached hydrogens (tertiary/aromatic N) is 3. The van der Waals surface area contributed by atoms with Crippen LogP contribution >= 0.6 is 0 Å². The fraction of sp³-hybridized carbons (Fsp3) is 0.333. The first-order valence-corrected chi connectivity index (χ1v) is 10.0. The Morgan fingerprint density at radius 1 is 1.31 bits per heavy atom. The quantitative estimate of drug-likeness (QED) is 0.381. The predicted octanol–water partition coefficient (Wildman–Crippen LogP) is 1.72. The van der Waals surface area contributed by atoms with Gasteiger partial charge in [-0.1, -0.05) is 6.92 Å². The van der Waals surface area contributed by atoms with E-state index in [1.165, 1.54) is 13.4 Å². The highest BCUT2D eigenvalue weighted by Gasteiger charge is 2.29. The van der Waals surface area contributed by atoms with Gasteiger partial charge in [0.2, 0.25) is 0 Å². The van der Waals surface area contributed by atoms with Crippen LogP contribution in [0.3, 0.4) is 0 Å². The zero-order valence-electron chi connectivity index (χ0n) is 18.1. The van der Waals surface area contributed by atoms with Crippen LogP contribution in [0.5, 0.6) is 11.5 Å². The molecular formula is C21H26N6O5. The summed E-state index contributed by atoms with van der Waals surface area (Å²) in [6.07, 6.45) is 2.95. The van der Waals surface area contributed by atoms with Gasteiger partial charge in [-0.25, -0.2) is 14.8 Å². The molecule has 11 heteroatoms. The number of nitrogens with one attached hydrogen (secondary N) is 3. The van der Waals surface area contributed by atoms with Crippen LogP contribution in [0.25, 0.3) is 5.57 Å². The van der Waals surface area contributed by atoms with Crippen LogP contribution in [0.2, 0.25) is 0 Å². The molecule has 0 fully saturated rings. The van der Waals surface area contributed by atoms with Crippen molar-refractivity contribution in [2.45, 2.75) is 6.92 Å². The second-order valence-corrected chi connectivity index (χ2v) is 6.97. The molecule has 4 N–H and O–H groups in total. The van der Waals surface area contributed by atoms with Crippen LogP contribution in [-0.4, -0.2) is 72.2 Å². The van der Waals surface area contributed by atoms with Crippen molar-refractivity contribution in [3.63, 3.8) is 0 Å².